The van der Waals surface area contributed by atoms with Gasteiger partial charge in [0.2, 0.25) is 0 Å². The van der Waals surface area contributed by atoms with Gasteiger partial charge in [0.1, 0.15) is 12.4 Å². The first-order valence-corrected chi connectivity index (χ1v) is 11.9. The minimum Gasteiger partial charge on any atom is -0.492 e. The van der Waals surface area contributed by atoms with Crippen LogP contribution in [0.5, 0.6) is 5.75 Å². The first-order valence-electron chi connectivity index (χ1n) is 11.9. The molecule has 38 heavy (non-hydrogen) atoms. The van der Waals surface area contributed by atoms with Crippen LogP contribution in [0.15, 0.2) is 39.9 Å². The summed E-state index contributed by atoms with van der Waals surface area (Å²) in [5.74, 6) is 3.31. The molecule has 0 aliphatic carbocycles. The summed E-state index contributed by atoms with van der Waals surface area (Å²) in [6.07, 6.45) is -6.46. The Labute approximate surface area is 215 Å². The number of nitrogens with one attached hydrogen (secondary N) is 1. The number of benzene rings is 1. The lowest BCUT2D eigenvalue weighted by molar-refractivity contribution is -0.203. The number of para-hydroxylation sites is 1. The molecule has 1 aromatic carbocycles. The summed E-state index contributed by atoms with van der Waals surface area (Å²) in [5.41, 5.74) is -1.66. The Balaban J connectivity index is 1.85. The second kappa shape index (κ2) is 11.2. The van der Waals surface area contributed by atoms with Gasteiger partial charge in [-0.05, 0) is 19.1 Å². The molecule has 0 saturated carbocycles. The smallest absolute Gasteiger partial charge is 0.492 e. The summed E-state index contributed by atoms with van der Waals surface area (Å²) < 4.78 is 47.7. The lowest BCUT2D eigenvalue weighted by Gasteiger charge is -2.40. The highest BCUT2D eigenvalue weighted by Crippen LogP contribution is 2.38. The minimum atomic E-state index is -5.31. The van der Waals surface area contributed by atoms with Gasteiger partial charge in [0.05, 0.1) is 13.1 Å². The van der Waals surface area contributed by atoms with Gasteiger partial charge in [0.15, 0.2) is 17.8 Å². The normalized spacial score (nSPS) is 17.6. The maximum atomic E-state index is 13.4. The molecule has 1 N–H and O–H groups in total. The van der Waals surface area contributed by atoms with E-state index in [0.29, 0.717) is 37.0 Å². The third kappa shape index (κ3) is 5.34. The zero-order valence-corrected chi connectivity index (χ0v) is 20.8. The maximum Gasteiger partial charge on any atom is 0.493 e. The summed E-state index contributed by atoms with van der Waals surface area (Å²) in [6, 6.07) is 8.73. The number of hydrogen-bond donors (Lipinski definition) is 1. The van der Waals surface area contributed by atoms with Crippen molar-refractivity contribution in [2.24, 2.45) is 7.05 Å². The molecule has 11 nitrogen and oxygen atoms in total. The van der Waals surface area contributed by atoms with Crippen LogP contribution in [0, 0.1) is 11.8 Å². The van der Waals surface area contributed by atoms with E-state index in [-0.39, 0.29) is 31.2 Å². The molecule has 1 aromatic heterocycles. The van der Waals surface area contributed by atoms with E-state index in [2.05, 4.69) is 17.2 Å². The summed E-state index contributed by atoms with van der Waals surface area (Å²) in [7, 11) is 1.27. The summed E-state index contributed by atoms with van der Waals surface area (Å²) in [4.78, 5) is 46.8. The van der Waals surface area contributed by atoms with Gasteiger partial charge in [-0.3, -0.25) is 18.8 Å². The number of fused-ring (bicyclic) bond motifs is 1. The van der Waals surface area contributed by atoms with Crippen LogP contribution < -0.4 is 31.3 Å². The number of alkyl halides is 3. The highest BCUT2D eigenvalue weighted by Gasteiger charge is 2.50. The fourth-order valence-electron chi connectivity index (χ4n) is 4.35. The first-order chi connectivity index (χ1) is 18.1. The van der Waals surface area contributed by atoms with Crippen molar-refractivity contribution in [3.05, 3.63) is 51.2 Å². The molecule has 0 radical (unpaired) electrons. The van der Waals surface area contributed by atoms with Gasteiger partial charge in [-0.2, -0.15) is 13.2 Å². The lowest BCUT2D eigenvalue weighted by Crippen LogP contribution is -2.61. The summed E-state index contributed by atoms with van der Waals surface area (Å²) in [5, 5.41) is 3.86. The Morgan fingerprint density at radius 2 is 1.84 bits per heavy atom. The molecule has 2 aliphatic rings. The predicted octanol–water partition coefficient (Wildman–Crippen LogP) is 0.485. The number of hydrogen-bond acceptors (Lipinski definition) is 9. The summed E-state index contributed by atoms with van der Waals surface area (Å²) >= 11 is 0. The van der Waals surface area contributed by atoms with E-state index < -0.39 is 29.7 Å². The van der Waals surface area contributed by atoms with Gasteiger partial charge in [0, 0.05) is 33.2 Å². The fourth-order valence-corrected chi connectivity index (χ4v) is 4.35. The van der Waals surface area contributed by atoms with Gasteiger partial charge in [-0.15, -0.1) is 11.0 Å². The van der Waals surface area contributed by atoms with Gasteiger partial charge in [0.25, 0.3) is 5.56 Å². The SMILES string of the molecule is CC#CCN1c2c(n(CCOc3ccccc3)c(=O)n(C)c2=O)N(OC(=O)C(F)(F)F)C1N1CCNCC1. The molecular weight excluding hydrogens is 509 g/mol. The average molecular weight is 537 g/mol. The number of ether oxygens (including phenoxy) is 1. The van der Waals surface area contributed by atoms with E-state index in [1.54, 1.807) is 42.2 Å². The Kier molecular flexibility index (Phi) is 7.98. The van der Waals surface area contributed by atoms with Gasteiger partial charge >= 0.3 is 17.8 Å². The topological polar surface area (TPSA) is 101 Å². The van der Waals surface area contributed by atoms with E-state index in [1.807, 2.05) is 0 Å². The van der Waals surface area contributed by atoms with Gasteiger partial charge in [-0.1, -0.05) is 24.1 Å². The molecule has 4 rings (SSSR count). The van der Waals surface area contributed by atoms with E-state index in [4.69, 9.17) is 9.57 Å². The third-order valence-corrected chi connectivity index (χ3v) is 6.12. The highest BCUT2D eigenvalue weighted by molar-refractivity contribution is 5.80. The number of carbonyl (C=O) groups is 1. The highest BCUT2D eigenvalue weighted by atomic mass is 19.4. The average Bonchev–Trinajstić information content (AvgIpc) is 3.22. The molecule has 1 saturated heterocycles. The van der Waals surface area contributed by atoms with Crippen molar-refractivity contribution in [3.63, 3.8) is 0 Å². The molecule has 0 bridgehead atoms. The number of hydroxylamine groups is 1. The van der Waals surface area contributed by atoms with Crippen molar-refractivity contribution in [1.29, 1.82) is 0 Å². The molecule has 0 spiro atoms. The molecule has 1 fully saturated rings. The van der Waals surface area contributed by atoms with Crippen LogP contribution >= 0.6 is 0 Å². The van der Waals surface area contributed by atoms with Crippen molar-refractivity contribution in [1.82, 2.24) is 19.4 Å². The number of halogens is 3. The van der Waals surface area contributed by atoms with Crippen molar-refractivity contribution >= 4 is 17.5 Å². The number of rotatable bonds is 7. The molecule has 3 heterocycles. The van der Waals surface area contributed by atoms with E-state index in [9.17, 15) is 27.6 Å². The number of piperazine rings is 1. The number of aromatic nitrogens is 2. The van der Waals surface area contributed by atoms with Crippen molar-refractivity contribution in [2.75, 3.05) is 49.3 Å². The molecule has 2 aromatic rings. The van der Waals surface area contributed by atoms with Crippen LogP contribution in [0.2, 0.25) is 0 Å². The third-order valence-electron chi connectivity index (χ3n) is 6.12. The molecule has 1 atom stereocenters. The number of nitrogens with zero attached hydrogens (tertiary/aromatic N) is 5. The van der Waals surface area contributed by atoms with Crippen LogP contribution in [0.3, 0.4) is 0 Å². The Morgan fingerprint density at radius 1 is 1.16 bits per heavy atom. The quantitative estimate of drug-likeness (QED) is 0.507. The Morgan fingerprint density at radius 3 is 2.47 bits per heavy atom. The fraction of sp³-hybridized carbons (Fsp3) is 0.458. The molecule has 1 unspecified atom stereocenters. The molecule has 2 aliphatic heterocycles. The second-order valence-electron chi connectivity index (χ2n) is 8.52. The lowest BCUT2D eigenvalue weighted by atomic mass is 10.3. The first kappa shape index (κ1) is 27.1. The molecule has 14 heteroatoms. The number of carbonyl (C=O) groups excluding carboxylic acids is 1. The predicted molar refractivity (Wildman–Crippen MR) is 132 cm³/mol. The van der Waals surface area contributed by atoms with Crippen LogP contribution in [0.25, 0.3) is 0 Å². The van der Waals surface area contributed by atoms with Gasteiger partial charge in [-0.25, -0.2) is 9.59 Å². The molecule has 204 valence electrons. The van der Waals surface area contributed by atoms with E-state index in [1.165, 1.54) is 11.9 Å². The zero-order chi connectivity index (χ0) is 27.4. The van der Waals surface area contributed by atoms with E-state index in [0.717, 1.165) is 9.13 Å². The van der Waals surface area contributed by atoms with Crippen LogP contribution in [-0.4, -0.2) is 71.8 Å². The maximum absolute atomic E-state index is 13.4. The minimum absolute atomic E-state index is 0.0529. The van der Waals surface area contributed by atoms with Crippen LogP contribution in [0.1, 0.15) is 6.92 Å². The number of anilines is 2. The second-order valence-corrected chi connectivity index (χ2v) is 8.52. The van der Waals surface area contributed by atoms with Crippen molar-refractivity contribution in [2.45, 2.75) is 25.9 Å². The van der Waals surface area contributed by atoms with Crippen molar-refractivity contribution < 1.29 is 27.5 Å². The Hall–Kier alpha value is -3.96. The largest absolute Gasteiger partial charge is 0.493 e. The van der Waals surface area contributed by atoms with Crippen molar-refractivity contribution in [3.8, 4) is 17.6 Å². The molecular formula is C24H27F3N6O5. The summed E-state index contributed by atoms with van der Waals surface area (Å²) in [6.45, 7) is 3.08. The van der Waals surface area contributed by atoms with Gasteiger partial charge < -0.3 is 19.8 Å². The molecule has 0 amide bonds. The monoisotopic (exact) mass is 536 g/mol. The zero-order valence-electron chi connectivity index (χ0n) is 20.8. The van der Waals surface area contributed by atoms with Crippen LogP contribution in [0.4, 0.5) is 24.7 Å². The van der Waals surface area contributed by atoms with E-state index >= 15 is 0 Å². The van der Waals surface area contributed by atoms with Crippen LogP contribution in [-0.2, 0) is 23.2 Å². The standard InChI is InChI=1S/C24H27F3N6O5/c1-3-4-12-31-18-19(33(38-21(35)24(25,26)27)22(31)30-13-10-28-11-14-30)32(23(36)29(2)20(18)34)15-16-37-17-8-6-5-7-9-17/h5-9,22,28H,10-16H2,1-2H3. The Bertz CT molecular complexity index is 1340.